The summed E-state index contributed by atoms with van der Waals surface area (Å²) in [4.78, 5) is 12.4. The molecule has 0 unspecified atom stereocenters. The third kappa shape index (κ3) is 7.29. The number of carbonyl (C=O) groups excluding carboxylic acids is 1. The highest BCUT2D eigenvalue weighted by molar-refractivity contribution is 6.37. The molecule has 2 aromatic rings. The maximum Gasteiger partial charge on any atom is 0.266 e. The summed E-state index contributed by atoms with van der Waals surface area (Å²) in [6.45, 7) is 2.67. The molecule has 7 heteroatoms. The van der Waals surface area contributed by atoms with Crippen molar-refractivity contribution < 1.29 is 9.53 Å². The molecule has 0 fully saturated rings. The summed E-state index contributed by atoms with van der Waals surface area (Å²) in [6, 6.07) is 11.7. The summed E-state index contributed by atoms with van der Waals surface area (Å²) in [5.74, 6) is -0.135. The molecule has 4 nitrogen and oxygen atoms in total. The Bertz CT molecular complexity index is 896. The Kier molecular flexibility index (Phi) is 9.34. The Morgan fingerprint density at radius 2 is 1.76 bits per heavy atom. The fourth-order valence-corrected chi connectivity index (χ4v) is 3.29. The zero-order valence-corrected chi connectivity index (χ0v) is 18.2. The molecule has 0 aliphatic rings. The number of hydrogen-bond acceptors (Lipinski definition) is 3. The molecule has 152 valence electrons. The van der Waals surface area contributed by atoms with Gasteiger partial charge in [0.15, 0.2) is 5.75 Å². The zero-order chi connectivity index (χ0) is 21.2. The largest absolute Gasteiger partial charge is 0.490 e. The first kappa shape index (κ1) is 23.1. The number of unbranched alkanes of at least 4 members (excludes halogenated alkanes) is 3. The normalized spacial score (nSPS) is 11.1. The molecule has 0 saturated heterocycles. The summed E-state index contributed by atoms with van der Waals surface area (Å²) in [7, 11) is 0. The Morgan fingerprint density at radius 1 is 1.10 bits per heavy atom. The zero-order valence-electron chi connectivity index (χ0n) is 16.0. The first-order chi connectivity index (χ1) is 13.9. The van der Waals surface area contributed by atoms with Crippen molar-refractivity contribution in [3.8, 4) is 11.8 Å². The molecule has 0 aliphatic heterocycles. The van der Waals surface area contributed by atoms with Gasteiger partial charge in [0.25, 0.3) is 5.91 Å². The van der Waals surface area contributed by atoms with Crippen molar-refractivity contribution in [2.75, 3.05) is 11.9 Å². The van der Waals surface area contributed by atoms with Gasteiger partial charge < -0.3 is 10.1 Å². The molecule has 0 spiro atoms. The second-order valence-electron chi connectivity index (χ2n) is 6.35. The summed E-state index contributed by atoms with van der Waals surface area (Å²) < 4.78 is 5.70. The van der Waals surface area contributed by atoms with Gasteiger partial charge in [0, 0.05) is 10.7 Å². The lowest BCUT2D eigenvalue weighted by molar-refractivity contribution is -0.112. The van der Waals surface area contributed by atoms with Gasteiger partial charge in [-0.15, -0.1) is 0 Å². The van der Waals surface area contributed by atoms with Gasteiger partial charge in [0.1, 0.15) is 11.6 Å². The molecule has 0 saturated carbocycles. The van der Waals surface area contributed by atoms with Crippen LogP contribution in [-0.4, -0.2) is 12.5 Å². The number of halogens is 3. The van der Waals surface area contributed by atoms with E-state index in [-0.39, 0.29) is 5.57 Å². The van der Waals surface area contributed by atoms with Crippen molar-refractivity contribution in [3.05, 3.63) is 62.6 Å². The van der Waals surface area contributed by atoms with E-state index in [2.05, 4.69) is 12.2 Å². The Morgan fingerprint density at radius 3 is 2.34 bits per heavy atom. The highest BCUT2D eigenvalue weighted by Gasteiger charge is 2.13. The molecule has 0 radical (unpaired) electrons. The van der Waals surface area contributed by atoms with Crippen LogP contribution in [0, 0.1) is 11.3 Å². The average Bonchev–Trinajstić information content (AvgIpc) is 2.69. The number of ether oxygens (including phenoxy) is 1. The van der Waals surface area contributed by atoms with Crippen LogP contribution in [0.3, 0.4) is 0 Å². The van der Waals surface area contributed by atoms with Crippen LogP contribution in [0.2, 0.25) is 15.1 Å². The van der Waals surface area contributed by atoms with Crippen LogP contribution < -0.4 is 10.1 Å². The smallest absolute Gasteiger partial charge is 0.266 e. The van der Waals surface area contributed by atoms with E-state index < -0.39 is 5.91 Å². The minimum atomic E-state index is -0.543. The van der Waals surface area contributed by atoms with Crippen molar-refractivity contribution in [1.82, 2.24) is 0 Å². The molecule has 0 heterocycles. The van der Waals surface area contributed by atoms with Crippen LogP contribution in [-0.2, 0) is 4.79 Å². The predicted octanol–water partition coefficient (Wildman–Crippen LogP) is 7.15. The molecule has 0 aliphatic carbocycles. The van der Waals surface area contributed by atoms with E-state index >= 15 is 0 Å². The van der Waals surface area contributed by atoms with Gasteiger partial charge in [-0.05, 0) is 54.5 Å². The molecule has 1 amide bonds. The number of rotatable bonds is 9. The number of anilines is 1. The van der Waals surface area contributed by atoms with Gasteiger partial charge in [-0.3, -0.25) is 4.79 Å². The lowest BCUT2D eigenvalue weighted by Crippen LogP contribution is -2.13. The van der Waals surface area contributed by atoms with Crippen molar-refractivity contribution in [3.63, 3.8) is 0 Å². The number of carbonyl (C=O) groups is 1. The quantitative estimate of drug-likeness (QED) is 0.250. The first-order valence-electron chi connectivity index (χ1n) is 9.25. The third-order valence-electron chi connectivity index (χ3n) is 4.04. The maximum absolute atomic E-state index is 12.4. The second-order valence-corrected chi connectivity index (χ2v) is 7.60. The fraction of sp³-hybridized carbons (Fsp3) is 0.273. The van der Waals surface area contributed by atoms with Crippen LogP contribution in [0.25, 0.3) is 6.08 Å². The summed E-state index contributed by atoms with van der Waals surface area (Å²) >= 11 is 18.4. The highest BCUT2D eigenvalue weighted by atomic mass is 35.5. The van der Waals surface area contributed by atoms with Gasteiger partial charge in [0.2, 0.25) is 0 Å². The average molecular weight is 452 g/mol. The van der Waals surface area contributed by atoms with E-state index in [1.54, 1.807) is 36.4 Å². The SMILES string of the molecule is CCCCCCOc1c(Cl)cc(C=C(C#N)C(=O)Nc2ccc(Cl)cc2)cc1Cl. The first-order valence-corrected chi connectivity index (χ1v) is 10.4. The van der Waals surface area contributed by atoms with Crippen molar-refractivity contribution in [2.24, 2.45) is 0 Å². The number of benzene rings is 2. The number of nitriles is 1. The minimum Gasteiger partial charge on any atom is -0.490 e. The van der Waals surface area contributed by atoms with Crippen LogP contribution in [0.5, 0.6) is 5.75 Å². The van der Waals surface area contributed by atoms with Crippen LogP contribution in [0.15, 0.2) is 42.0 Å². The minimum absolute atomic E-state index is 0.0830. The van der Waals surface area contributed by atoms with Crippen molar-refractivity contribution in [1.29, 1.82) is 5.26 Å². The van der Waals surface area contributed by atoms with Crippen LogP contribution in [0.1, 0.15) is 38.2 Å². The van der Waals surface area contributed by atoms with Crippen LogP contribution >= 0.6 is 34.8 Å². The van der Waals surface area contributed by atoms with Gasteiger partial charge in [-0.2, -0.15) is 5.26 Å². The van der Waals surface area contributed by atoms with Gasteiger partial charge in [-0.1, -0.05) is 61.0 Å². The molecular formula is C22H21Cl3N2O2. The van der Waals surface area contributed by atoms with E-state index in [0.717, 1.165) is 25.7 Å². The molecule has 29 heavy (non-hydrogen) atoms. The number of nitrogens with one attached hydrogen (secondary N) is 1. The lowest BCUT2D eigenvalue weighted by atomic mass is 10.1. The van der Waals surface area contributed by atoms with Crippen molar-refractivity contribution >= 4 is 52.5 Å². The van der Waals surface area contributed by atoms with Gasteiger partial charge in [0.05, 0.1) is 16.7 Å². The van der Waals surface area contributed by atoms with Gasteiger partial charge in [-0.25, -0.2) is 0 Å². The summed E-state index contributed by atoms with van der Waals surface area (Å²) in [5, 5.41) is 13.2. The van der Waals surface area contributed by atoms with E-state index in [0.29, 0.717) is 38.7 Å². The van der Waals surface area contributed by atoms with E-state index in [1.165, 1.54) is 6.08 Å². The lowest BCUT2D eigenvalue weighted by Gasteiger charge is -2.11. The summed E-state index contributed by atoms with van der Waals surface area (Å²) in [6.07, 6.45) is 5.74. The molecule has 0 aromatic heterocycles. The van der Waals surface area contributed by atoms with E-state index in [9.17, 15) is 10.1 Å². The molecule has 1 N–H and O–H groups in total. The number of hydrogen-bond donors (Lipinski definition) is 1. The molecular weight excluding hydrogens is 431 g/mol. The predicted molar refractivity (Wildman–Crippen MR) is 120 cm³/mol. The van der Waals surface area contributed by atoms with Crippen LogP contribution in [0.4, 0.5) is 5.69 Å². The highest BCUT2D eigenvalue weighted by Crippen LogP contribution is 2.35. The number of nitrogens with zero attached hydrogens (tertiary/aromatic N) is 1. The maximum atomic E-state index is 12.4. The molecule has 2 aromatic carbocycles. The number of amides is 1. The topological polar surface area (TPSA) is 62.1 Å². The van der Waals surface area contributed by atoms with E-state index in [4.69, 9.17) is 39.5 Å². The van der Waals surface area contributed by atoms with E-state index in [1.807, 2.05) is 6.07 Å². The molecule has 0 bridgehead atoms. The summed E-state index contributed by atoms with van der Waals surface area (Å²) in [5.41, 5.74) is 0.977. The third-order valence-corrected chi connectivity index (χ3v) is 4.86. The Hall–Kier alpha value is -2.19. The monoisotopic (exact) mass is 450 g/mol. The van der Waals surface area contributed by atoms with Gasteiger partial charge >= 0.3 is 0 Å². The standard InChI is InChI=1S/C22H21Cl3N2O2/c1-2-3-4-5-10-29-21-19(24)12-15(13-20(21)25)11-16(14-26)22(28)27-18-8-6-17(23)7-9-18/h6-9,11-13H,2-5,10H2,1H3,(H,27,28). The molecule has 0 atom stereocenters. The Balaban J connectivity index is 2.11. The molecule has 2 rings (SSSR count). The van der Waals surface area contributed by atoms with Crippen molar-refractivity contribution in [2.45, 2.75) is 32.6 Å². The Labute approximate surface area is 186 Å². The fourth-order valence-electron chi connectivity index (χ4n) is 2.55. The second kappa shape index (κ2) is 11.7.